The highest BCUT2D eigenvalue weighted by Crippen LogP contribution is 2.24. The minimum atomic E-state index is -0.204. The Bertz CT molecular complexity index is 1040. The van der Waals surface area contributed by atoms with Gasteiger partial charge in [-0.15, -0.1) is 10.2 Å². The van der Waals surface area contributed by atoms with Gasteiger partial charge in [0.1, 0.15) is 5.82 Å². The van der Waals surface area contributed by atoms with Gasteiger partial charge in [0.15, 0.2) is 5.82 Å². The molecule has 0 spiro atoms. The molecule has 2 N–H and O–H groups in total. The summed E-state index contributed by atoms with van der Waals surface area (Å²) >= 11 is 0. The Morgan fingerprint density at radius 3 is 2.23 bits per heavy atom. The van der Waals surface area contributed by atoms with E-state index in [1.54, 1.807) is 24.3 Å². The lowest BCUT2D eigenvalue weighted by Gasteiger charge is -2.13. The van der Waals surface area contributed by atoms with E-state index < -0.39 is 0 Å². The Labute approximate surface area is 175 Å². The van der Waals surface area contributed by atoms with Gasteiger partial charge in [0.25, 0.3) is 5.91 Å². The summed E-state index contributed by atoms with van der Waals surface area (Å²) in [5.74, 6) is 1.60. The normalized spacial score (nSPS) is 13.6. The molecule has 1 aliphatic heterocycles. The van der Waals surface area contributed by atoms with Crippen LogP contribution in [-0.2, 0) is 17.8 Å². The van der Waals surface area contributed by atoms with Crippen LogP contribution in [0.3, 0.4) is 0 Å². The summed E-state index contributed by atoms with van der Waals surface area (Å²) in [4.78, 5) is 23.6. The van der Waals surface area contributed by atoms with Crippen molar-refractivity contribution < 1.29 is 9.59 Å². The van der Waals surface area contributed by atoms with Gasteiger partial charge in [-0.3, -0.25) is 9.59 Å². The third kappa shape index (κ3) is 4.56. The molecule has 0 fully saturated rings. The zero-order valence-electron chi connectivity index (χ0n) is 17.0. The van der Waals surface area contributed by atoms with Crippen LogP contribution in [0.2, 0.25) is 0 Å². The summed E-state index contributed by atoms with van der Waals surface area (Å²) < 4.78 is 2.23. The van der Waals surface area contributed by atoms with E-state index >= 15 is 0 Å². The highest BCUT2D eigenvalue weighted by molar-refractivity contribution is 6.04. The van der Waals surface area contributed by atoms with E-state index in [4.69, 9.17) is 0 Å². The molecule has 154 valence electrons. The van der Waals surface area contributed by atoms with Crippen LogP contribution in [0.5, 0.6) is 0 Å². The topological polar surface area (TPSA) is 88.9 Å². The van der Waals surface area contributed by atoms with Crippen molar-refractivity contribution in [3.05, 3.63) is 59.9 Å². The summed E-state index contributed by atoms with van der Waals surface area (Å²) in [5, 5.41) is 14.4. The molecule has 30 heavy (non-hydrogen) atoms. The van der Waals surface area contributed by atoms with E-state index in [0.717, 1.165) is 43.0 Å². The number of nitrogens with one attached hydrogen (secondary N) is 2. The van der Waals surface area contributed by atoms with Gasteiger partial charge >= 0.3 is 0 Å². The van der Waals surface area contributed by atoms with E-state index in [9.17, 15) is 9.59 Å². The number of hydrogen-bond acceptors (Lipinski definition) is 4. The standard InChI is InChI=1S/C23H25N5O2/c1-16(29)24-19-13-9-18(10-14-19)23(30)25-20-11-7-17(8-12-20)22-27-26-21-6-4-2-3-5-15-28(21)22/h7-14H,2-6,15H2,1H3,(H,24,29)(H,25,30). The number of nitrogens with zero attached hydrogens (tertiary/aromatic N) is 3. The molecule has 7 nitrogen and oxygen atoms in total. The van der Waals surface area contributed by atoms with Gasteiger partial charge in [-0.25, -0.2) is 0 Å². The molecule has 0 saturated carbocycles. The highest BCUT2D eigenvalue weighted by atomic mass is 16.2. The molecule has 1 aromatic heterocycles. The third-order valence-corrected chi connectivity index (χ3v) is 5.23. The number of anilines is 2. The Morgan fingerprint density at radius 2 is 1.50 bits per heavy atom. The van der Waals surface area contributed by atoms with E-state index in [1.165, 1.54) is 19.8 Å². The third-order valence-electron chi connectivity index (χ3n) is 5.23. The Hall–Kier alpha value is -3.48. The Kier molecular flexibility index (Phi) is 5.88. The maximum atomic E-state index is 12.5. The molecule has 2 aromatic carbocycles. The largest absolute Gasteiger partial charge is 0.326 e. The molecule has 0 bridgehead atoms. The maximum absolute atomic E-state index is 12.5. The van der Waals surface area contributed by atoms with Crippen LogP contribution >= 0.6 is 0 Å². The first kappa shape index (κ1) is 19.8. The van der Waals surface area contributed by atoms with Gasteiger partial charge in [-0.05, 0) is 61.4 Å². The van der Waals surface area contributed by atoms with Crippen LogP contribution < -0.4 is 10.6 Å². The quantitative estimate of drug-likeness (QED) is 0.681. The molecule has 0 unspecified atom stereocenters. The molecular weight excluding hydrogens is 378 g/mol. The van der Waals surface area contributed by atoms with Gasteiger partial charge in [0, 0.05) is 42.4 Å². The molecule has 0 atom stereocenters. The molecule has 2 heterocycles. The number of aromatic nitrogens is 3. The van der Waals surface area contributed by atoms with Crippen molar-refractivity contribution in [1.29, 1.82) is 0 Å². The van der Waals surface area contributed by atoms with E-state index in [2.05, 4.69) is 25.4 Å². The van der Waals surface area contributed by atoms with Crippen molar-refractivity contribution in [2.75, 3.05) is 10.6 Å². The van der Waals surface area contributed by atoms with Crippen molar-refractivity contribution in [2.24, 2.45) is 0 Å². The van der Waals surface area contributed by atoms with E-state index in [0.29, 0.717) is 16.9 Å². The molecular formula is C23H25N5O2. The molecule has 1 aliphatic rings. The average Bonchev–Trinajstić information content (AvgIpc) is 3.10. The number of aryl methyl sites for hydroxylation is 1. The fraction of sp³-hybridized carbons (Fsp3) is 0.304. The van der Waals surface area contributed by atoms with Crippen LogP contribution in [-0.4, -0.2) is 26.6 Å². The first-order valence-electron chi connectivity index (χ1n) is 10.3. The van der Waals surface area contributed by atoms with Crippen molar-refractivity contribution in [3.8, 4) is 11.4 Å². The smallest absolute Gasteiger partial charge is 0.255 e. The lowest BCUT2D eigenvalue weighted by atomic mass is 10.1. The van der Waals surface area contributed by atoms with Gasteiger partial charge in [-0.2, -0.15) is 0 Å². The zero-order valence-corrected chi connectivity index (χ0v) is 17.0. The number of benzene rings is 2. The van der Waals surface area contributed by atoms with Gasteiger partial charge in [0.2, 0.25) is 5.91 Å². The minimum absolute atomic E-state index is 0.146. The number of rotatable bonds is 4. The summed E-state index contributed by atoms with van der Waals surface area (Å²) in [6, 6.07) is 14.5. The molecule has 0 saturated heterocycles. The average molecular weight is 403 g/mol. The van der Waals surface area contributed by atoms with Crippen LogP contribution in [0, 0.1) is 0 Å². The van der Waals surface area contributed by atoms with Gasteiger partial charge in [0.05, 0.1) is 0 Å². The van der Waals surface area contributed by atoms with Gasteiger partial charge < -0.3 is 15.2 Å². The highest BCUT2D eigenvalue weighted by Gasteiger charge is 2.15. The monoisotopic (exact) mass is 403 g/mol. The predicted molar refractivity (Wildman–Crippen MR) is 116 cm³/mol. The molecule has 7 heteroatoms. The van der Waals surface area contributed by atoms with E-state index in [1.807, 2.05) is 24.3 Å². The molecule has 3 aromatic rings. The number of carbonyl (C=O) groups is 2. The second kappa shape index (κ2) is 8.90. The van der Waals surface area contributed by atoms with Crippen LogP contribution in [0.15, 0.2) is 48.5 Å². The van der Waals surface area contributed by atoms with Gasteiger partial charge in [-0.1, -0.05) is 12.8 Å². The molecule has 0 aliphatic carbocycles. The lowest BCUT2D eigenvalue weighted by Crippen LogP contribution is -2.12. The maximum Gasteiger partial charge on any atom is 0.255 e. The summed E-state index contributed by atoms with van der Waals surface area (Å²) in [5.41, 5.74) is 2.88. The van der Waals surface area contributed by atoms with Crippen molar-refractivity contribution in [3.63, 3.8) is 0 Å². The molecule has 0 radical (unpaired) electrons. The Morgan fingerprint density at radius 1 is 0.833 bits per heavy atom. The second-order valence-corrected chi connectivity index (χ2v) is 7.55. The van der Waals surface area contributed by atoms with Crippen molar-refractivity contribution in [1.82, 2.24) is 14.8 Å². The van der Waals surface area contributed by atoms with Crippen LogP contribution in [0.25, 0.3) is 11.4 Å². The van der Waals surface area contributed by atoms with E-state index in [-0.39, 0.29) is 11.8 Å². The number of carbonyl (C=O) groups excluding carboxylic acids is 2. The second-order valence-electron chi connectivity index (χ2n) is 7.55. The Balaban J connectivity index is 1.45. The molecule has 2 amide bonds. The minimum Gasteiger partial charge on any atom is -0.326 e. The summed E-state index contributed by atoms with van der Waals surface area (Å²) in [6.07, 6.45) is 5.78. The van der Waals surface area contributed by atoms with Crippen LogP contribution in [0.4, 0.5) is 11.4 Å². The first-order valence-corrected chi connectivity index (χ1v) is 10.3. The van der Waals surface area contributed by atoms with Crippen LogP contribution in [0.1, 0.15) is 48.8 Å². The molecule has 4 rings (SSSR count). The lowest BCUT2D eigenvalue weighted by molar-refractivity contribution is -0.114. The number of fused-ring (bicyclic) bond motifs is 1. The SMILES string of the molecule is CC(=O)Nc1ccc(C(=O)Nc2ccc(-c3nnc4n3CCCCCC4)cc2)cc1. The summed E-state index contributed by atoms with van der Waals surface area (Å²) in [7, 11) is 0. The predicted octanol–water partition coefficient (Wildman–Crippen LogP) is 4.27. The fourth-order valence-corrected chi connectivity index (χ4v) is 3.69. The summed E-state index contributed by atoms with van der Waals surface area (Å²) in [6.45, 7) is 2.40. The van der Waals surface area contributed by atoms with Crippen molar-refractivity contribution >= 4 is 23.2 Å². The number of amides is 2. The number of hydrogen-bond donors (Lipinski definition) is 2. The fourth-order valence-electron chi connectivity index (χ4n) is 3.69. The van der Waals surface area contributed by atoms with Crippen molar-refractivity contribution in [2.45, 2.75) is 45.6 Å². The zero-order chi connectivity index (χ0) is 20.9. The first-order chi connectivity index (χ1) is 14.6.